The number of hydrogen-bond donors (Lipinski definition) is 1. The molecule has 2 amide bonds. The Kier molecular flexibility index (Phi) is 8.02. The first-order valence-electron chi connectivity index (χ1n) is 12.9. The van der Waals surface area contributed by atoms with E-state index in [4.69, 9.17) is 21.1 Å². The van der Waals surface area contributed by atoms with E-state index in [0.29, 0.717) is 48.7 Å². The summed E-state index contributed by atoms with van der Waals surface area (Å²) >= 11 is 6.16. The van der Waals surface area contributed by atoms with Crippen LogP contribution in [0.5, 0.6) is 11.5 Å². The summed E-state index contributed by atoms with van der Waals surface area (Å²) in [7, 11) is -0.811. The Labute approximate surface area is 238 Å². The van der Waals surface area contributed by atoms with Gasteiger partial charge in [0, 0.05) is 36.6 Å². The first kappa shape index (κ1) is 27.9. The number of sulfonamides is 1. The van der Waals surface area contributed by atoms with Crippen LogP contribution in [0.2, 0.25) is 5.02 Å². The average Bonchev–Trinajstić information content (AvgIpc) is 3.40. The molecule has 0 aromatic heterocycles. The zero-order chi connectivity index (χ0) is 28.4. The highest BCUT2D eigenvalue weighted by Crippen LogP contribution is 2.34. The average molecular weight is 584 g/mol. The Bertz CT molecular complexity index is 1540. The number of halogens is 1. The third kappa shape index (κ3) is 5.52. The molecule has 0 aliphatic carbocycles. The van der Waals surface area contributed by atoms with Crippen LogP contribution < -0.4 is 19.7 Å². The first-order chi connectivity index (χ1) is 19.2. The second kappa shape index (κ2) is 11.5. The minimum absolute atomic E-state index is 0.0552. The highest BCUT2D eigenvalue weighted by atomic mass is 35.5. The van der Waals surface area contributed by atoms with Gasteiger partial charge in [-0.25, -0.2) is 8.42 Å². The molecule has 3 aromatic carbocycles. The van der Waals surface area contributed by atoms with Crippen LogP contribution in [-0.4, -0.2) is 58.4 Å². The van der Waals surface area contributed by atoms with Crippen LogP contribution in [-0.2, 0) is 21.2 Å². The Hall–Kier alpha value is -3.60. The number of nitrogens with one attached hydrogen (secondary N) is 1. The first-order valence-corrected chi connectivity index (χ1v) is 14.8. The van der Waals surface area contributed by atoms with Gasteiger partial charge in [-0.3, -0.25) is 9.59 Å². The molecular weight excluding hydrogens is 554 g/mol. The number of carbonyl (C=O) groups is 2. The number of carbonyl (C=O) groups excluding carboxylic acids is 2. The molecule has 1 fully saturated rings. The van der Waals surface area contributed by atoms with E-state index in [1.807, 2.05) is 12.1 Å². The van der Waals surface area contributed by atoms with Gasteiger partial charge in [0.05, 0.1) is 30.1 Å². The van der Waals surface area contributed by atoms with Crippen molar-refractivity contribution in [2.45, 2.75) is 24.2 Å². The molecule has 1 N–H and O–H groups in total. The standard InChI is InChI=1S/C29H30ClN3O6S/c1-38-23-9-6-20(7-10-23)29(35)33-15-13-19-5-8-22(16-26(19)33)31-28(34)21-4-3-14-32(18-21)40(36,37)24-11-12-27(39-2)25(30)17-24/h5-12,16-17,21H,3-4,13-15,18H2,1-2H3,(H,31,34)/t21-/m1/s1. The van der Waals surface area contributed by atoms with E-state index in [9.17, 15) is 18.0 Å². The van der Waals surface area contributed by atoms with E-state index >= 15 is 0 Å². The summed E-state index contributed by atoms with van der Waals surface area (Å²) in [4.78, 5) is 28.2. The molecule has 5 rings (SSSR count). The molecule has 3 aromatic rings. The number of amides is 2. The summed E-state index contributed by atoms with van der Waals surface area (Å²) in [5.41, 5.74) is 2.88. The van der Waals surface area contributed by atoms with Crippen molar-refractivity contribution in [1.82, 2.24) is 4.31 Å². The van der Waals surface area contributed by atoms with Gasteiger partial charge < -0.3 is 19.7 Å². The van der Waals surface area contributed by atoms with E-state index in [-0.39, 0.29) is 28.3 Å². The van der Waals surface area contributed by atoms with Crippen LogP contribution >= 0.6 is 11.6 Å². The number of fused-ring (bicyclic) bond motifs is 1. The van der Waals surface area contributed by atoms with Crippen molar-refractivity contribution in [3.8, 4) is 11.5 Å². The number of rotatable bonds is 7. The number of hydrogen-bond acceptors (Lipinski definition) is 6. The van der Waals surface area contributed by atoms with Gasteiger partial charge in [0.15, 0.2) is 0 Å². The van der Waals surface area contributed by atoms with Crippen LogP contribution in [0.3, 0.4) is 0 Å². The summed E-state index contributed by atoms with van der Waals surface area (Å²) < 4.78 is 38.2. The molecule has 210 valence electrons. The topological polar surface area (TPSA) is 105 Å². The molecule has 0 radical (unpaired) electrons. The minimum atomic E-state index is -3.84. The van der Waals surface area contributed by atoms with E-state index < -0.39 is 15.9 Å². The van der Waals surface area contributed by atoms with Gasteiger partial charge >= 0.3 is 0 Å². The normalized spacial score (nSPS) is 17.3. The molecule has 0 spiro atoms. The zero-order valence-corrected chi connectivity index (χ0v) is 23.8. The van der Waals surface area contributed by atoms with E-state index in [2.05, 4.69) is 5.32 Å². The fourth-order valence-electron chi connectivity index (χ4n) is 5.13. The molecule has 9 nitrogen and oxygen atoms in total. The molecule has 2 aliphatic heterocycles. The van der Waals surface area contributed by atoms with Crippen molar-refractivity contribution in [2.24, 2.45) is 5.92 Å². The summed E-state index contributed by atoms with van der Waals surface area (Å²) in [6.07, 6.45) is 1.83. The molecular formula is C29H30ClN3O6S. The van der Waals surface area contributed by atoms with Crippen molar-refractivity contribution in [3.05, 3.63) is 76.8 Å². The zero-order valence-electron chi connectivity index (χ0n) is 22.2. The van der Waals surface area contributed by atoms with Gasteiger partial charge in [-0.1, -0.05) is 17.7 Å². The van der Waals surface area contributed by atoms with Crippen LogP contribution in [0.4, 0.5) is 11.4 Å². The number of piperidine rings is 1. The Morgan fingerprint density at radius 3 is 2.45 bits per heavy atom. The Balaban J connectivity index is 1.28. The monoisotopic (exact) mass is 583 g/mol. The van der Waals surface area contributed by atoms with Gasteiger partial charge in [-0.15, -0.1) is 0 Å². The van der Waals surface area contributed by atoms with E-state index in [1.54, 1.807) is 42.3 Å². The largest absolute Gasteiger partial charge is 0.497 e. The molecule has 2 heterocycles. The quantitative estimate of drug-likeness (QED) is 0.436. The predicted molar refractivity (Wildman–Crippen MR) is 153 cm³/mol. The van der Waals surface area contributed by atoms with E-state index in [0.717, 1.165) is 17.7 Å². The van der Waals surface area contributed by atoms with Crippen LogP contribution in [0.25, 0.3) is 0 Å². The van der Waals surface area contributed by atoms with Crippen LogP contribution in [0.15, 0.2) is 65.6 Å². The summed E-state index contributed by atoms with van der Waals surface area (Å²) in [5.74, 6) is 0.137. The maximum atomic E-state index is 13.3. The molecule has 0 bridgehead atoms. The lowest BCUT2D eigenvalue weighted by Crippen LogP contribution is -2.43. The Morgan fingerprint density at radius 1 is 0.975 bits per heavy atom. The maximum Gasteiger partial charge on any atom is 0.258 e. The van der Waals surface area contributed by atoms with Gasteiger partial charge in [-0.2, -0.15) is 4.31 Å². The predicted octanol–water partition coefficient (Wildman–Crippen LogP) is 4.60. The second-order valence-electron chi connectivity index (χ2n) is 9.77. The second-order valence-corrected chi connectivity index (χ2v) is 12.1. The van der Waals surface area contributed by atoms with Crippen LogP contribution in [0, 0.1) is 5.92 Å². The fourth-order valence-corrected chi connectivity index (χ4v) is 7.01. The van der Waals surface area contributed by atoms with Crippen LogP contribution in [0.1, 0.15) is 28.8 Å². The molecule has 1 saturated heterocycles. The highest BCUT2D eigenvalue weighted by molar-refractivity contribution is 7.89. The third-order valence-corrected chi connectivity index (χ3v) is 9.50. The summed E-state index contributed by atoms with van der Waals surface area (Å²) in [6, 6.07) is 16.8. The molecule has 0 saturated carbocycles. The lowest BCUT2D eigenvalue weighted by molar-refractivity contribution is -0.120. The SMILES string of the molecule is COc1ccc(C(=O)N2CCc3ccc(NC(=O)[C@@H]4CCCN(S(=O)(=O)c5ccc(OC)c(Cl)c5)C4)cc32)cc1. The van der Waals surface area contributed by atoms with E-state index in [1.165, 1.54) is 29.6 Å². The van der Waals surface area contributed by atoms with Gasteiger partial charge in [0.25, 0.3) is 5.91 Å². The number of nitrogens with zero attached hydrogens (tertiary/aromatic N) is 2. The maximum absolute atomic E-state index is 13.3. The summed E-state index contributed by atoms with van der Waals surface area (Å²) in [5, 5.41) is 3.14. The van der Waals surface area contributed by atoms with Gasteiger partial charge in [-0.05, 0) is 79.4 Å². The minimum Gasteiger partial charge on any atom is -0.497 e. The number of methoxy groups -OCH3 is 2. The van der Waals surface area contributed by atoms with Crippen molar-refractivity contribution >= 4 is 44.8 Å². The smallest absolute Gasteiger partial charge is 0.258 e. The molecule has 1 atom stereocenters. The van der Waals surface area contributed by atoms with Crippen molar-refractivity contribution in [2.75, 3.05) is 44.1 Å². The van der Waals surface area contributed by atoms with Crippen molar-refractivity contribution in [1.29, 1.82) is 0 Å². The van der Waals surface area contributed by atoms with Crippen molar-refractivity contribution in [3.63, 3.8) is 0 Å². The highest BCUT2D eigenvalue weighted by Gasteiger charge is 2.34. The number of benzene rings is 3. The van der Waals surface area contributed by atoms with Gasteiger partial charge in [0.1, 0.15) is 11.5 Å². The number of anilines is 2. The lowest BCUT2D eigenvalue weighted by atomic mass is 9.98. The molecule has 11 heteroatoms. The number of ether oxygens (including phenoxy) is 2. The summed E-state index contributed by atoms with van der Waals surface area (Å²) in [6.45, 7) is 0.921. The molecule has 2 aliphatic rings. The lowest BCUT2D eigenvalue weighted by Gasteiger charge is -2.31. The van der Waals surface area contributed by atoms with Crippen molar-refractivity contribution < 1.29 is 27.5 Å². The fraction of sp³-hybridized carbons (Fsp3) is 0.310. The third-order valence-electron chi connectivity index (χ3n) is 7.35. The van der Waals surface area contributed by atoms with Gasteiger partial charge in [0.2, 0.25) is 15.9 Å². The Morgan fingerprint density at radius 2 is 1.75 bits per heavy atom. The molecule has 0 unspecified atom stereocenters. The molecule has 40 heavy (non-hydrogen) atoms.